The highest BCUT2D eigenvalue weighted by Crippen LogP contribution is 2.55. The van der Waals surface area contributed by atoms with Gasteiger partial charge in [-0.2, -0.15) is 0 Å². The minimum atomic E-state index is -0.309. The summed E-state index contributed by atoms with van der Waals surface area (Å²) in [6.45, 7) is 7.37. The van der Waals surface area contributed by atoms with Gasteiger partial charge in [0.1, 0.15) is 7.85 Å². The maximum atomic E-state index is 6.11. The van der Waals surface area contributed by atoms with Crippen LogP contribution in [0.3, 0.4) is 0 Å². The number of rotatable bonds is 6. The maximum Gasteiger partial charge on any atom is 0.142 e. The fourth-order valence-corrected chi connectivity index (χ4v) is 8.29. The molecular weight excluding hydrogens is 603 g/mol. The van der Waals surface area contributed by atoms with Crippen LogP contribution in [0.1, 0.15) is 75.5 Å². The fraction of sp³-hybridized carbons (Fsp3) is 0.234. The van der Waals surface area contributed by atoms with E-state index < -0.39 is 0 Å². The SMILES string of the molecule is Bc1c2cc(C(C)C)cc1N1C/C=C\C=C/CC(C3=CCCC=C3)(C3=CC=CCC3)c3cccc(c31)-c1c(\C=C/C=C\C(N)=C\C)cccc1-2. The van der Waals surface area contributed by atoms with E-state index >= 15 is 0 Å². The number of nitrogens with two attached hydrogens (primary N) is 1. The Morgan fingerprint density at radius 3 is 2.52 bits per heavy atom. The van der Waals surface area contributed by atoms with Gasteiger partial charge in [0.05, 0.1) is 5.69 Å². The van der Waals surface area contributed by atoms with Crippen LogP contribution in [0.4, 0.5) is 11.4 Å². The second kappa shape index (κ2) is 14.5. The monoisotopic (exact) mass is 652 g/mol. The number of allylic oxidation sites excluding steroid dienone is 15. The lowest BCUT2D eigenvalue weighted by molar-refractivity contribution is 0.575. The van der Waals surface area contributed by atoms with Crippen molar-refractivity contribution in [3.05, 3.63) is 167 Å². The van der Waals surface area contributed by atoms with Crippen molar-refractivity contribution >= 4 is 30.8 Å². The third kappa shape index (κ3) is 6.04. The summed E-state index contributed by atoms with van der Waals surface area (Å²) in [6, 6.07) is 18.9. The van der Waals surface area contributed by atoms with Crippen molar-refractivity contribution in [3.8, 4) is 22.3 Å². The number of benzene rings is 3. The van der Waals surface area contributed by atoms with Crippen LogP contribution in [-0.2, 0) is 5.41 Å². The first-order valence-electron chi connectivity index (χ1n) is 18.4. The molecule has 2 nitrogen and oxygen atoms in total. The lowest BCUT2D eigenvalue weighted by Gasteiger charge is -2.44. The summed E-state index contributed by atoms with van der Waals surface area (Å²) >= 11 is 0. The number of hydrogen-bond acceptors (Lipinski definition) is 2. The van der Waals surface area contributed by atoms with E-state index in [2.05, 4.69) is 148 Å². The van der Waals surface area contributed by atoms with Crippen molar-refractivity contribution in [3.63, 3.8) is 0 Å². The standard InChI is InChI=1S/C47H49BN2/c1-4-38(49)25-14-13-19-34-20-17-26-39-41-31-35(33(2)3)32-43(45(41)48)50-30-16-6-5-15-29-47(36-21-9-7-10-22-36,37-23-11-8-12-24-37)42-28-18-27-40(44(34)39)46(42)50/h4-7,9,11,13-21,23-28,31-33H,8,10,12,22,29-30,48-49H2,1-3H3/b15-5-,16-6-,19-13-,25-14-,38-4-. The summed E-state index contributed by atoms with van der Waals surface area (Å²) in [7, 11) is 2.33. The maximum absolute atomic E-state index is 6.11. The van der Waals surface area contributed by atoms with Crippen molar-refractivity contribution in [2.24, 2.45) is 5.73 Å². The Morgan fingerprint density at radius 2 is 1.74 bits per heavy atom. The van der Waals surface area contributed by atoms with Crippen LogP contribution in [-0.4, -0.2) is 14.4 Å². The van der Waals surface area contributed by atoms with Crippen LogP contribution in [0, 0.1) is 0 Å². The molecule has 0 saturated heterocycles. The summed E-state index contributed by atoms with van der Waals surface area (Å²) < 4.78 is 0. The minimum Gasteiger partial charge on any atom is -0.399 e. The topological polar surface area (TPSA) is 29.3 Å². The summed E-state index contributed by atoms with van der Waals surface area (Å²) in [5.74, 6) is 0.394. The van der Waals surface area contributed by atoms with Crippen LogP contribution in [0.2, 0.25) is 0 Å². The van der Waals surface area contributed by atoms with Crippen molar-refractivity contribution < 1.29 is 0 Å². The van der Waals surface area contributed by atoms with Crippen molar-refractivity contribution in [1.29, 1.82) is 0 Å². The smallest absolute Gasteiger partial charge is 0.142 e. The van der Waals surface area contributed by atoms with Gasteiger partial charge in [-0.1, -0.05) is 152 Å². The van der Waals surface area contributed by atoms with Crippen LogP contribution in [0.5, 0.6) is 0 Å². The first-order chi connectivity index (χ1) is 24.4. The van der Waals surface area contributed by atoms with E-state index in [-0.39, 0.29) is 5.41 Å². The average molecular weight is 653 g/mol. The Hall–Kier alpha value is -5.02. The number of para-hydroxylation sites is 1. The predicted octanol–water partition coefficient (Wildman–Crippen LogP) is 10.6. The number of hydrogen-bond donors (Lipinski definition) is 1. The first-order valence-corrected chi connectivity index (χ1v) is 18.4. The molecule has 50 heavy (non-hydrogen) atoms. The molecule has 2 aliphatic heterocycles. The van der Waals surface area contributed by atoms with Gasteiger partial charge in [0, 0.05) is 28.9 Å². The molecule has 0 fully saturated rings. The van der Waals surface area contributed by atoms with E-state index in [4.69, 9.17) is 5.73 Å². The zero-order chi connectivity index (χ0) is 34.7. The van der Waals surface area contributed by atoms with Gasteiger partial charge in [-0.25, -0.2) is 0 Å². The number of fused-ring (bicyclic) bond motifs is 6. The Kier molecular flexibility index (Phi) is 9.68. The zero-order valence-electron chi connectivity index (χ0n) is 30.1. The molecule has 2 aliphatic carbocycles. The predicted molar refractivity (Wildman–Crippen MR) is 220 cm³/mol. The Morgan fingerprint density at radius 1 is 0.900 bits per heavy atom. The van der Waals surface area contributed by atoms with Crippen LogP contribution < -0.4 is 16.1 Å². The van der Waals surface area contributed by atoms with Gasteiger partial charge in [0.25, 0.3) is 0 Å². The molecule has 1 unspecified atom stereocenters. The Balaban J connectivity index is 1.63. The quantitative estimate of drug-likeness (QED) is 0.212. The van der Waals surface area contributed by atoms with Crippen LogP contribution in [0.15, 0.2) is 150 Å². The van der Waals surface area contributed by atoms with Crippen molar-refractivity contribution in [2.45, 2.75) is 64.2 Å². The van der Waals surface area contributed by atoms with Gasteiger partial charge < -0.3 is 10.6 Å². The molecule has 2 bridgehead atoms. The molecule has 250 valence electrons. The van der Waals surface area contributed by atoms with Crippen LogP contribution >= 0.6 is 0 Å². The molecule has 0 amide bonds. The highest BCUT2D eigenvalue weighted by molar-refractivity contribution is 6.40. The van der Waals surface area contributed by atoms with Gasteiger partial charge in [-0.05, 0) is 96.0 Å². The summed E-state index contributed by atoms with van der Waals surface area (Å²) in [4.78, 5) is 2.64. The molecule has 2 N–H and O–H groups in total. The molecule has 1 atom stereocenters. The largest absolute Gasteiger partial charge is 0.399 e. The highest BCUT2D eigenvalue weighted by Gasteiger charge is 2.42. The average Bonchev–Trinajstić information content (AvgIpc) is 3.15. The fourth-order valence-electron chi connectivity index (χ4n) is 8.29. The van der Waals surface area contributed by atoms with Crippen molar-refractivity contribution in [1.82, 2.24) is 0 Å². The molecular formula is C47H49BN2. The Labute approximate surface area is 300 Å². The molecule has 2 heterocycles. The third-order valence-electron chi connectivity index (χ3n) is 10.9. The van der Waals surface area contributed by atoms with Crippen molar-refractivity contribution in [2.75, 3.05) is 11.4 Å². The van der Waals surface area contributed by atoms with Crippen LogP contribution in [0.25, 0.3) is 28.3 Å². The molecule has 3 aromatic carbocycles. The highest BCUT2D eigenvalue weighted by atomic mass is 15.1. The van der Waals surface area contributed by atoms with E-state index in [0.29, 0.717) is 5.92 Å². The molecule has 0 spiro atoms. The third-order valence-corrected chi connectivity index (χ3v) is 10.9. The van der Waals surface area contributed by atoms with Gasteiger partial charge in [0.15, 0.2) is 0 Å². The summed E-state index contributed by atoms with van der Waals surface area (Å²) in [6.07, 6.45) is 39.1. The normalized spacial score (nSPS) is 21.4. The lowest BCUT2D eigenvalue weighted by atomic mass is 9.62. The molecule has 0 radical (unpaired) electrons. The molecule has 0 aromatic heterocycles. The molecule has 3 heteroatoms. The minimum absolute atomic E-state index is 0.309. The Bertz CT molecular complexity index is 2080. The number of anilines is 2. The van der Waals surface area contributed by atoms with E-state index in [1.165, 1.54) is 66.9 Å². The van der Waals surface area contributed by atoms with E-state index in [9.17, 15) is 0 Å². The lowest BCUT2D eigenvalue weighted by Crippen LogP contribution is -2.36. The summed E-state index contributed by atoms with van der Waals surface area (Å²) in [5.41, 5.74) is 22.5. The molecule has 7 rings (SSSR count). The zero-order valence-corrected chi connectivity index (χ0v) is 30.1. The second-order valence-electron chi connectivity index (χ2n) is 14.2. The van der Waals surface area contributed by atoms with Gasteiger partial charge >= 0.3 is 0 Å². The van der Waals surface area contributed by atoms with Gasteiger partial charge in [0.2, 0.25) is 0 Å². The van der Waals surface area contributed by atoms with E-state index in [0.717, 1.165) is 44.3 Å². The van der Waals surface area contributed by atoms with Gasteiger partial charge in [-0.3, -0.25) is 0 Å². The van der Waals surface area contributed by atoms with E-state index in [1.807, 2.05) is 25.2 Å². The molecule has 4 aliphatic rings. The van der Waals surface area contributed by atoms with E-state index in [1.54, 1.807) is 0 Å². The number of nitrogens with zero attached hydrogens (tertiary/aromatic N) is 1. The molecule has 3 aromatic rings. The second-order valence-corrected chi connectivity index (χ2v) is 14.2. The van der Waals surface area contributed by atoms with Gasteiger partial charge in [-0.15, -0.1) is 0 Å². The molecule has 0 saturated carbocycles. The first kappa shape index (κ1) is 33.5. The summed E-state index contributed by atoms with van der Waals surface area (Å²) in [5, 5.41) is 0.